The molecule has 4 heterocycles. The van der Waals surface area contributed by atoms with Gasteiger partial charge in [0.05, 0.1) is 89.9 Å². The van der Waals surface area contributed by atoms with E-state index < -0.39 is 123 Å². The van der Waals surface area contributed by atoms with Gasteiger partial charge in [-0.25, -0.2) is 4.79 Å². The highest BCUT2D eigenvalue weighted by molar-refractivity contribution is 8.77. The quantitative estimate of drug-likeness (QED) is 0.0122. The fourth-order valence-corrected chi connectivity index (χ4v) is 18.3. The van der Waals surface area contributed by atoms with E-state index in [9.17, 15) is 89.1 Å². The molecule has 708 valence electrons. The van der Waals surface area contributed by atoms with Crippen molar-refractivity contribution in [2.75, 3.05) is 112 Å². The Morgan fingerprint density at radius 2 is 0.852 bits per heavy atom. The summed E-state index contributed by atoms with van der Waals surface area (Å²) >= 11 is 0. The summed E-state index contributed by atoms with van der Waals surface area (Å²) in [6.07, 6.45) is 7.20. The fourth-order valence-electron chi connectivity index (χ4n) is 15.7. The van der Waals surface area contributed by atoms with E-state index in [0.29, 0.717) is 167 Å². The van der Waals surface area contributed by atoms with E-state index in [4.69, 9.17) is 52.1 Å². The summed E-state index contributed by atoms with van der Waals surface area (Å²) in [6.45, 7) is 10.3. The van der Waals surface area contributed by atoms with Crippen molar-refractivity contribution < 1.29 is 141 Å². The van der Waals surface area contributed by atoms with Crippen LogP contribution in [0.25, 0.3) is 0 Å². The number of methoxy groups -OCH3 is 2. The first-order chi connectivity index (χ1) is 58.5. The lowest BCUT2D eigenvalue weighted by molar-refractivity contribution is -0.282. The van der Waals surface area contributed by atoms with E-state index in [1.54, 1.807) is 56.6 Å². The molecule has 4 saturated heterocycles. The highest BCUT2D eigenvalue weighted by Gasteiger charge is 2.46. The summed E-state index contributed by atoms with van der Waals surface area (Å²) in [4.78, 5) is 120. The maximum absolute atomic E-state index is 14.4. The lowest BCUT2D eigenvalue weighted by Crippen LogP contribution is -2.55. The van der Waals surface area contributed by atoms with E-state index in [2.05, 4.69) is 29.8 Å². The van der Waals surface area contributed by atoms with Gasteiger partial charge in [-0.3, -0.25) is 38.4 Å². The largest absolute Gasteiger partial charge is 0.466 e. The molecule has 0 radical (unpaired) electrons. The normalized spacial score (nSPS) is 25.4. The number of hydrogen-bond acceptors (Lipinski definition) is 31. The second-order valence-corrected chi connectivity index (χ2v) is 37.3. The molecule has 4 rings (SSSR count). The van der Waals surface area contributed by atoms with Gasteiger partial charge >= 0.3 is 18.0 Å². The molecule has 0 aromatic rings. The predicted octanol–water partition coefficient (Wildman–Crippen LogP) is 7.47. The van der Waals surface area contributed by atoms with Crippen LogP contribution >= 0.6 is 21.6 Å². The number of likely N-dealkylation sites (tertiary alicyclic amines) is 1. The summed E-state index contributed by atoms with van der Waals surface area (Å²) in [5.74, 6) is -2.05. The number of Topliss-reactive ketones (excluding diaryl/α,β-unsaturated/α-hetero) is 3. The fraction of sp³-hybridized carbons (Fsp3) is 0.897. The Hall–Kier alpha value is -4.35. The van der Waals surface area contributed by atoms with Crippen molar-refractivity contribution in [2.45, 2.75) is 363 Å². The standard InChI is InChI=1S/C87H154N4O29S2/c1-60-76(103)79(106)68(55-92)118-82(60)114-46-25-32-64(95)30-17-11-8-16-24-45-90-85(109)116-50-29-41-87(40-28-49-113-75(102)36-19-13-10-15-23-44-89-72(99)59-117-84-62(3)78(105)81(108)70(57-94)120-84,53-66(97)38-51-121-122-86(4,5)42-37-65(96)31-20-21-34-73(100)91-54-67(111-7)52-63(91)58-110-6)39-27-48-112-74(101)35-18-12-9-14-22-43-88-71(98)33-26-47-115-83-61(2)77(104)80(107)69(56-93)119-83/h60-63,67-70,76-84,92-94,103-108H,8-59H2,1-7H3,(H,88,98)(H,89,99)(H,90,109)/t60?,61?,62?,63-,67+,68?,69?,70?,76?,77?,78?,79?,80?,81?,82?,83?,84?,87?/m1/s1. The van der Waals surface area contributed by atoms with E-state index in [1.165, 1.54) is 0 Å². The number of carbonyl (C=O) groups excluding carboxylic acids is 9. The summed E-state index contributed by atoms with van der Waals surface area (Å²) in [5, 5.41) is 98.3. The molecular weight excluding hydrogens is 1630 g/mol. The molecule has 4 amide bonds. The van der Waals surface area contributed by atoms with Crippen LogP contribution in [0.5, 0.6) is 0 Å². The number of ketones is 3. The molecule has 0 bridgehead atoms. The van der Waals surface area contributed by atoms with Crippen molar-refractivity contribution in [1.82, 2.24) is 20.9 Å². The van der Waals surface area contributed by atoms with Crippen LogP contribution < -0.4 is 16.0 Å². The van der Waals surface area contributed by atoms with Gasteiger partial charge in [0, 0.05) is 133 Å². The molecule has 0 aromatic heterocycles. The van der Waals surface area contributed by atoms with Crippen molar-refractivity contribution in [3.63, 3.8) is 0 Å². The van der Waals surface area contributed by atoms with Crippen molar-refractivity contribution in [2.24, 2.45) is 23.2 Å². The van der Waals surface area contributed by atoms with Gasteiger partial charge in [0.15, 0.2) is 18.9 Å². The Bertz CT molecular complexity index is 2830. The van der Waals surface area contributed by atoms with Crippen LogP contribution in [-0.4, -0.2) is 307 Å². The number of alkyl carbamates (subject to hydrolysis) is 1. The van der Waals surface area contributed by atoms with Gasteiger partial charge in [0.2, 0.25) is 17.7 Å². The first kappa shape index (κ1) is 110. The van der Waals surface area contributed by atoms with E-state index in [1.807, 2.05) is 4.90 Å². The predicted molar refractivity (Wildman–Crippen MR) is 457 cm³/mol. The second-order valence-electron chi connectivity index (χ2n) is 34.2. The zero-order valence-corrected chi connectivity index (χ0v) is 75.7. The molecule has 16 unspecified atom stereocenters. The molecule has 0 aromatic carbocycles. The van der Waals surface area contributed by atoms with Crippen molar-refractivity contribution in [3.8, 4) is 0 Å². The Balaban J connectivity index is 1.29. The Morgan fingerprint density at radius 3 is 1.34 bits per heavy atom. The van der Waals surface area contributed by atoms with Gasteiger partial charge in [0.25, 0.3) is 0 Å². The second kappa shape index (κ2) is 63.6. The molecule has 122 heavy (non-hydrogen) atoms. The average molecular weight is 1780 g/mol. The van der Waals surface area contributed by atoms with E-state index in [0.717, 1.165) is 77.0 Å². The number of aliphatic hydroxyl groups excluding tert-OH is 9. The molecule has 18 atom stereocenters. The number of esters is 2. The van der Waals surface area contributed by atoms with Crippen LogP contribution in [0.1, 0.15) is 272 Å². The number of ether oxygens (including phenoxy) is 11. The number of carbonyl (C=O) groups is 9. The zero-order valence-electron chi connectivity index (χ0n) is 74.0. The molecule has 4 fully saturated rings. The van der Waals surface area contributed by atoms with Gasteiger partial charge in [0.1, 0.15) is 60.6 Å². The molecule has 0 saturated carbocycles. The average Bonchev–Trinajstić information content (AvgIpc) is 1.17. The minimum Gasteiger partial charge on any atom is -0.466 e. The molecule has 4 aliphatic rings. The summed E-state index contributed by atoms with van der Waals surface area (Å²) in [5.41, 5.74) is -0.661. The number of nitrogens with zero attached hydrogens (tertiary/aromatic N) is 1. The first-order valence-corrected chi connectivity index (χ1v) is 47.5. The molecule has 0 spiro atoms. The van der Waals surface area contributed by atoms with Crippen molar-refractivity contribution in [3.05, 3.63) is 0 Å². The number of hydrogen-bond donors (Lipinski definition) is 12. The van der Waals surface area contributed by atoms with Crippen LogP contribution in [0.15, 0.2) is 0 Å². The van der Waals surface area contributed by atoms with Gasteiger partial charge in [-0.1, -0.05) is 100 Å². The van der Waals surface area contributed by atoms with Crippen LogP contribution in [0.2, 0.25) is 0 Å². The Kier molecular flexibility index (Phi) is 57.3. The summed E-state index contributed by atoms with van der Waals surface area (Å²) in [6, 6.07) is -0.0260. The Labute approximate surface area is 731 Å². The lowest BCUT2D eigenvalue weighted by atomic mass is 9.71. The maximum Gasteiger partial charge on any atom is 0.407 e. The number of nitrogens with one attached hydrogen (secondary N) is 3. The number of aliphatic hydroxyl groups is 9. The SMILES string of the molecule is COC[C@H]1C[C@H](OC)CN1C(=O)CCCCC(=O)CCC(C)(C)SSCCC(=O)CC(CCCOC(=O)CCCCCCCNC(=O)CCCOC1OC(CO)C(O)C(O)C1C)(CCCOC(=O)CCCCCCCNC(=O)COC1OC(CO)C(O)C(O)C1C)CCCOC(=O)NCCCCCCCC(=O)CCCOC1OC(CO)C(O)C(O)C1C. The van der Waals surface area contributed by atoms with E-state index >= 15 is 0 Å². The first-order valence-electron chi connectivity index (χ1n) is 45.2. The molecular formula is C87H154N4O29S2. The Morgan fingerprint density at radius 1 is 0.434 bits per heavy atom. The number of amides is 4. The molecule has 0 aliphatic carbocycles. The molecule has 4 aliphatic heterocycles. The highest BCUT2D eigenvalue weighted by Crippen LogP contribution is 2.43. The van der Waals surface area contributed by atoms with Gasteiger partial charge in [-0.05, 0) is 135 Å². The lowest BCUT2D eigenvalue weighted by Gasteiger charge is -2.40. The summed E-state index contributed by atoms with van der Waals surface area (Å²) in [7, 11) is 6.48. The third kappa shape index (κ3) is 44.6. The van der Waals surface area contributed by atoms with Gasteiger partial charge < -0.3 is 119 Å². The van der Waals surface area contributed by atoms with Crippen molar-refractivity contribution >= 4 is 74.7 Å². The highest BCUT2D eigenvalue weighted by atomic mass is 33.1. The van der Waals surface area contributed by atoms with Gasteiger partial charge in [-0.15, -0.1) is 0 Å². The third-order valence-corrected chi connectivity index (χ3v) is 26.8. The third-order valence-electron chi connectivity index (χ3n) is 23.4. The van der Waals surface area contributed by atoms with E-state index in [-0.39, 0.29) is 136 Å². The summed E-state index contributed by atoms with van der Waals surface area (Å²) < 4.78 is 61.6. The minimum absolute atomic E-state index is 0.0230. The topological polar surface area (TPSA) is 477 Å². The molecule has 12 N–H and O–H groups in total. The molecule has 35 heteroatoms. The molecule has 33 nitrogen and oxygen atoms in total. The van der Waals surface area contributed by atoms with Crippen LogP contribution in [0.4, 0.5) is 4.79 Å². The maximum atomic E-state index is 14.4. The van der Waals surface area contributed by atoms with Crippen LogP contribution in [0.3, 0.4) is 0 Å². The van der Waals surface area contributed by atoms with Crippen LogP contribution in [-0.2, 0) is 90.5 Å². The van der Waals surface area contributed by atoms with Crippen molar-refractivity contribution in [1.29, 1.82) is 0 Å². The minimum atomic E-state index is -1.28. The van der Waals surface area contributed by atoms with Gasteiger partial charge in [-0.2, -0.15) is 0 Å². The monoisotopic (exact) mass is 1780 g/mol. The van der Waals surface area contributed by atoms with Crippen LogP contribution in [0, 0.1) is 23.2 Å². The number of unbranched alkanes of at least 4 members (excludes halogenated alkanes) is 13. The smallest absolute Gasteiger partial charge is 0.407 e. The zero-order chi connectivity index (χ0) is 89.7. The number of rotatable bonds is 70.